The largest absolute Gasteiger partial charge is 0.383 e. The quantitative estimate of drug-likeness (QED) is 0.850. The van der Waals surface area contributed by atoms with E-state index in [0.717, 1.165) is 6.42 Å². The van der Waals surface area contributed by atoms with E-state index in [4.69, 9.17) is 0 Å². The minimum atomic E-state index is -0.235. The van der Waals surface area contributed by atoms with Crippen LogP contribution in [0.1, 0.15) is 35.8 Å². The molecular weight excluding hydrogens is 296 g/mol. The molecule has 0 unspecified atom stereocenters. The van der Waals surface area contributed by atoms with E-state index < -0.39 is 0 Å². The van der Waals surface area contributed by atoms with Gasteiger partial charge in [-0.3, -0.25) is 9.59 Å². The number of aromatic nitrogens is 1. The maximum absolute atomic E-state index is 12.0. The van der Waals surface area contributed by atoms with Gasteiger partial charge in [0.05, 0.1) is 10.2 Å². The van der Waals surface area contributed by atoms with Crippen LogP contribution in [0.3, 0.4) is 0 Å². The van der Waals surface area contributed by atoms with E-state index in [9.17, 15) is 9.59 Å². The fraction of sp³-hybridized carbons (Fsp3) is 0.385. The Morgan fingerprint density at radius 2 is 2.17 bits per heavy atom. The first-order valence-corrected chi connectivity index (χ1v) is 6.55. The van der Waals surface area contributed by atoms with Crippen LogP contribution < -0.4 is 5.56 Å². The number of H-pyrrole nitrogens is 1. The predicted molar refractivity (Wildman–Crippen MR) is 76.7 cm³/mol. The highest BCUT2D eigenvalue weighted by molar-refractivity contribution is 9.10. The van der Waals surface area contributed by atoms with Crippen molar-refractivity contribution in [1.82, 2.24) is 9.88 Å². The second-order valence-electron chi connectivity index (χ2n) is 4.23. The van der Waals surface area contributed by atoms with E-state index in [2.05, 4.69) is 20.9 Å². The van der Waals surface area contributed by atoms with Gasteiger partial charge < -0.3 is 9.88 Å². The summed E-state index contributed by atoms with van der Waals surface area (Å²) in [4.78, 5) is 28.1. The first kappa shape index (κ1) is 14.7. The van der Waals surface area contributed by atoms with Crippen molar-refractivity contribution in [3.8, 4) is 0 Å². The third-order valence-electron chi connectivity index (χ3n) is 2.34. The van der Waals surface area contributed by atoms with Gasteiger partial charge in [0.25, 0.3) is 5.56 Å². The van der Waals surface area contributed by atoms with Gasteiger partial charge in [-0.1, -0.05) is 6.92 Å². The SMILES string of the molecule is CCCC(=O)c1cc(Br)c(=O)[nH]c1/C=C\N(C)C. The van der Waals surface area contributed by atoms with E-state index in [1.807, 2.05) is 25.9 Å². The lowest BCUT2D eigenvalue weighted by atomic mass is 10.1. The Labute approximate surface area is 115 Å². The molecule has 98 valence electrons. The van der Waals surface area contributed by atoms with Gasteiger partial charge in [0.15, 0.2) is 5.78 Å². The molecule has 18 heavy (non-hydrogen) atoms. The second-order valence-corrected chi connectivity index (χ2v) is 5.08. The first-order valence-electron chi connectivity index (χ1n) is 5.76. The molecule has 0 aliphatic heterocycles. The second kappa shape index (κ2) is 6.54. The standard InChI is InChI=1S/C13H17BrN2O2/c1-4-5-12(17)9-8-10(14)13(18)15-11(9)6-7-16(2)3/h6-8H,4-5H2,1-3H3,(H,15,18)/b7-6-. The molecule has 0 aliphatic rings. The summed E-state index contributed by atoms with van der Waals surface area (Å²) in [5, 5.41) is 0. The lowest BCUT2D eigenvalue weighted by Gasteiger charge is -2.07. The molecule has 0 saturated carbocycles. The topological polar surface area (TPSA) is 53.2 Å². The molecule has 5 heteroatoms. The van der Waals surface area contributed by atoms with Crippen LogP contribution in [0, 0.1) is 0 Å². The molecule has 0 fully saturated rings. The number of carbonyl (C=O) groups excluding carboxylic acids is 1. The van der Waals surface area contributed by atoms with Gasteiger partial charge in [-0.25, -0.2) is 0 Å². The van der Waals surface area contributed by atoms with Crippen LogP contribution in [0.15, 0.2) is 21.5 Å². The number of rotatable bonds is 5. The molecule has 0 radical (unpaired) electrons. The van der Waals surface area contributed by atoms with E-state index in [1.54, 1.807) is 18.3 Å². The van der Waals surface area contributed by atoms with Crippen LogP contribution in [-0.2, 0) is 0 Å². The Bertz CT molecular complexity index is 518. The van der Waals surface area contributed by atoms with Gasteiger partial charge in [0.1, 0.15) is 0 Å². The molecule has 0 aliphatic carbocycles. The summed E-state index contributed by atoms with van der Waals surface area (Å²) in [6.45, 7) is 1.95. The first-order chi connectivity index (χ1) is 8.45. The van der Waals surface area contributed by atoms with Crippen molar-refractivity contribution >= 4 is 27.8 Å². The lowest BCUT2D eigenvalue weighted by molar-refractivity contribution is 0.0981. The molecule has 1 aromatic heterocycles. The normalized spacial score (nSPS) is 10.9. The monoisotopic (exact) mass is 312 g/mol. The fourth-order valence-corrected chi connectivity index (χ4v) is 1.79. The summed E-state index contributed by atoms with van der Waals surface area (Å²) < 4.78 is 0.379. The van der Waals surface area contributed by atoms with Crippen LogP contribution in [0.5, 0.6) is 0 Å². The van der Waals surface area contributed by atoms with Crippen molar-refractivity contribution in [2.75, 3.05) is 14.1 Å². The predicted octanol–water partition coefficient (Wildman–Crippen LogP) is 2.65. The van der Waals surface area contributed by atoms with E-state index in [0.29, 0.717) is 22.2 Å². The average molecular weight is 313 g/mol. The summed E-state index contributed by atoms with van der Waals surface area (Å²) in [5.74, 6) is 0.0351. The average Bonchev–Trinajstić information content (AvgIpc) is 2.30. The third-order valence-corrected chi connectivity index (χ3v) is 2.93. The van der Waals surface area contributed by atoms with Crippen molar-refractivity contribution in [1.29, 1.82) is 0 Å². The van der Waals surface area contributed by atoms with Crippen LogP contribution in [0.4, 0.5) is 0 Å². The molecular formula is C13H17BrN2O2. The van der Waals surface area contributed by atoms with E-state index in [-0.39, 0.29) is 11.3 Å². The van der Waals surface area contributed by atoms with Crippen LogP contribution in [0.25, 0.3) is 6.08 Å². The smallest absolute Gasteiger partial charge is 0.262 e. The maximum Gasteiger partial charge on any atom is 0.262 e. The summed E-state index contributed by atoms with van der Waals surface area (Å²) in [7, 11) is 3.75. The molecule has 0 aromatic carbocycles. The van der Waals surface area contributed by atoms with Crippen LogP contribution >= 0.6 is 15.9 Å². The molecule has 1 heterocycles. The Hall–Kier alpha value is -1.36. The van der Waals surface area contributed by atoms with Gasteiger partial charge in [-0.05, 0) is 34.5 Å². The van der Waals surface area contributed by atoms with Gasteiger partial charge in [-0.15, -0.1) is 0 Å². The molecule has 1 aromatic rings. The molecule has 1 N–H and O–H groups in total. The number of hydrogen-bond donors (Lipinski definition) is 1. The summed E-state index contributed by atoms with van der Waals surface area (Å²) >= 11 is 3.15. The Kier molecular flexibility index (Phi) is 5.34. The van der Waals surface area contributed by atoms with Crippen molar-refractivity contribution in [3.63, 3.8) is 0 Å². The number of pyridine rings is 1. The number of hydrogen-bond acceptors (Lipinski definition) is 3. The summed E-state index contributed by atoms with van der Waals surface area (Å²) in [6.07, 6.45) is 4.78. The molecule has 1 rings (SSSR count). The Morgan fingerprint density at radius 3 is 2.72 bits per heavy atom. The van der Waals surface area contributed by atoms with Gasteiger partial charge in [0.2, 0.25) is 0 Å². The minimum absolute atomic E-state index is 0.0351. The molecule has 4 nitrogen and oxygen atoms in total. The zero-order valence-electron chi connectivity index (χ0n) is 10.8. The van der Waals surface area contributed by atoms with Gasteiger partial charge in [0, 0.05) is 32.3 Å². The highest BCUT2D eigenvalue weighted by Crippen LogP contribution is 2.15. The van der Waals surface area contributed by atoms with Crippen molar-refractivity contribution in [3.05, 3.63) is 38.4 Å². The number of halogens is 1. The van der Waals surface area contributed by atoms with Crippen LogP contribution in [0.2, 0.25) is 0 Å². The van der Waals surface area contributed by atoms with Crippen LogP contribution in [-0.4, -0.2) is 29.8 Å². The molecule has 0 amide bonds. The van der Waals surface area contributed by atoms with E-state index >= 15 is 0 Å². The lowest BCUT2D eigenvalue weighted by Crippen LogP contribution is -2.14. The maximum atomic E-state index is 12.0. The van der Waals surface area contributed by atoms with Gasteiger partial charge >= 0.3 is 0 Å². The number of nitrogens with one attached hydrogen (secondary N) is 1. The molecule has 0 bridgehead atoms. The zero-order chi connectivity index (χ0) is 13.7. The number of ketones is 1. The fourth-order valence-electron chi connectivity index (χ4n) is 1.47. The van der Waals surface area contributed by atoms with Crippen molar-refractivity contribution < 1.29 is 4.79 Å². The number of carbonyl (C=O) groups is 1. The van der Waals surface area contributed by atoms with E-state index in [1.165, 1.54) is 0 Å². The number of aromatic amines is 1. The van der Waals surface area contributed by atoms with Gasteiger partial charge in [-0.2, -0.15) is 0 Å². The Balaban J connectivity index is 3.25. The Morgan fingerprint density at radius 1 is 1.50 bits per heavy atom. The number of Topliss-reactive ketones (excluding diaryl/α,β-unsaturated/α-hetero) is 1. The number of nitrogens with zero attached hydrogens (tertiary/aromatic N) is 1. The third kappa shape index (κ3) is 3.84. The molecule has 0 atom stereocenters. The highest BCUT2D eigenvalue weighted by Gasteiger charge is 2.12. The molecule has 0 saturated heterocycles. The highest BCUT2D eigenvalue weighted by atomic mass is 79.9. The summed E-state index contributed by atoms with van der Waals surface area (Å²) in [5.41, 5.74) is 0.859. The minimum Gasteiger partial charge on any atom is -0.383 e. The van der Waals surface area contributed by atoms with Crippen molar-refractivity contribution in [2.45, 2.75) is 19.8 Å². The molecule has 0 spiro atoms. The summed E-state index contributed by atoms with van der Waals surface area (Å²) in [6, 6.07) is 1.59. The van der Waals surface area contributed by atoms with Crippen molar-refractivity contribution in [2.24, 2.45) is 0 Å². The zero-order valence-corrected chi connectivity index (χ0v) is 12.4.